The number of quaternary nitrogens is 1. The Kier molecular flexibility index (Phi) is 40.8. The van der Waals surface area contributed by atoms with Crippen LogP contribution in [-0.2, 0) is 28.6 Å². The number of ether oxygens (including phenoxy) is 3. The number of nitrogens with zero attached hydrogens (tertiary/aromatic N) is 1. The molecule has 350 valence electrons. The topological polar surface area (TPSA) is 102 Å². The fraction of sp³-hybridized carbons (Fsp3) is 0.611. The number of unbranched alkanes of at least 4 members (excludes halogenated alkanes) is 12. The first-order valence-electron chi connectivity index (χ1n) is 24.0. The van der Waals surface area contributed by atoms with E-state index in [1.807, 2.05) is 30.4 Å². The van der Waals surface area contributed by atoms with Crippen molar-refractivity contribution < 1.29 is 38.2 Å². The lowest BCUT2D eigenvalue weighted by Gasteiger charge is -2.34. The molecule has 0 bridgehead atoms. The van der Waals surface area contributed by atoms with Crippen LogP contribution in [0.5, 0.6) is 0 Å². The number of carboxylic acids is 1. The maximum atomic E-state index is 12.8. The van der Waals surface area contributed by atoms with Gasteiger partial charge in [-0.25, -0.2) is 0 Å². The molecular formula is C54H87NO7. The molecule has 0 rings (SSSR count). The second-order valence-electron chi connectivity index (χ2n) is 16.7. The van der Waals surface area contributed by atoms with Gasteiger partial charge in [0.25, 0.3) is 0 Å². The van der Waals surface area contributed by atoms with Gasteiger partial charge < -0.3 is 28.6 Å². The van der Waals surface area contributed by atoms with Crippen LogP contribution in [-0.4, -0.2) is 75.5 Å². The van der Waals surface area contributed by atoms with Crippen LogP contribution in [0.25, 0.3) is 0 Å². The molecule has 0 spiro atoms. The van der Waals surface area contributed by atoms with Crippen LogP contribution in [0.15, 0.2) is 109 Å². The number of likely N-dealkylation sites (N-methyl/N-ethyl adjacent to an activating group) is 1. The number of esters is 2. The van der Waals surface area contributed by atoms with Gasteiger partial charge >= 0.3 is 11.9 Å². The molecule has 0 N–H and O–H groups in total. The summed E-state index contributed by atoms with van der Waals surface area (Å²) in [7, 11) is 5.39. The van der Waals surface area contributed by atoms with Crippen molar-refractivity contribution in [2.75, 3.05) is 41.0 Å². The second-order valence-corrected chi connectivity index (χ2v) is 16.7. The standard InChI is InChI=1S/C54H87NO7/c1-6-8-10-12-14-16-18-20-22-23-24-25-26-27-28-29-31-33-35-37-39-41-43-45-53(57)62-50(48-60-47-46-51(54(58)59)55(3,4)5)49-61-52(56)44-42-40-38-36-34-32-30-21-19-17-15-13-11-9-7-2/h8-11,13-17,19-22,24-25,27-28,30,50-51H,6-7,12,18,23,26,29,31-49H2,1-5H3/b10-8+,11-9+,15-13+,16-14+,19-17+,22-20+,25-24+,28-27+,30-21+. The summed E-state index contributed by atoms with van der Waals surface area (Å²) in [6, 6.07) is -0.739. The molecule has 8 nitrogen and oxygen atoms in total. The van der Waals surface area contributed by atoms with Crippen molar-refractivity contribution in [1.82, 2.24) is 0 Å². The SMILES string of the molecule is CC/C=C/C=C/C=C/C=C/CCCCCCCC(=O)OCC(COCCC(C(=O)[O-])[N+](C)(C)C)OC(=O)CCCCCCCCC/C=C/C/C=C/C/C=C/C/C=C/C/C=C/CC. The fourth-order valence-electron chi connectivity index (χ4n) is 6.34. The Morgan fingerprint density at radius 3 is 1.45 bits per heavy atom. The number of carbonyl (C=O) groups is 3. The van der Waals surface area contributed by atoms with E-state index in [1.54, 1.807) is 21.1 Å². The quantitative estimate of drug-likeness (QED) is 0.0198. The van der Waals surface area contributed by atoms with Gasteiger partial charge in [-0.2, -0.15) is 0 Å². The number of carboxylic acid groups (broad SMARTS) is 1. The zero-order valence-electron chi connectivity index (χ0n) is 39.7. The molecule has 0 fully saturated rings. The van der Waals surface area contributed by atoms with Crippen LogP contribution in [0.1, 0.15) is 162 Å². The lowest BCUT2D eigenvalue weighted by atomic mass is 10.1. The highest BCUT2D eigenvalue weighted by Crippen LogP contribution is 2.13. The minimum Gasteiger partial charge on any atom is -0.544 e. The third-order valence-electron chi connectivity index (χ3n) is 10.00. The van der Waals surface area contributed by atoms with Gasteiger partial charge in [0.2, 0.25) is 0 Å². The Bertz CT molecular complexity index is 1370. The monoisotopic (exact) mass is 862 g/mol. The summed E-state index contributed by atoms with van der Waals surface area (Å²) in [6.07, 6.45) is 59.7. The Balaban J connectivity index is 4.36. The van der Waals surface area contributed by atoms with Crippen molar-refractivity contribution in [1.29, 1.82) is 0 Å². The average Bonchev–Trinajstić information content (AvgIpc) is 3.23. The molecule has 0 aliphatic carbocycles. The van der Waals surface area contributed by atoms with Gasteiger partial charge in [-0.3, -0.25) is 9.59 Å². The molecule has 0 aromatic carbocycles. The lowest BCUT2D eigenvalue weighted by Crippen LogP contribution is -2.55. The van der Waals surface area contributed by atoms with Gasteiger partial charge in [0.1, 0.15) is 12.6 Å². The largest absolute Gasteiger partial charge is 0.544 e. The van der Waals surface area contributed by atoms with E-state index < -0.39 is 18.1 Å². The summed E-state index contributed by atoms with van der Waals surface area (Å²) in [4.78, 5) is 37.0. The maximum absolute atomic E-state index is 12.8. The molecule has 0 aliphatic heterocycles. The van der Waals surface area contributed by atoms with Crippen molar-refractivity contribution >= 4 is 17.9 Å². The minimum absolute atomic E-state index is 0.0206. The molecule has 0 radical (unpaired) electrons. The Morgan fingerprint density at radius 1 is 0.500 bits per heavy atom. The molecule has 0 saturated heterocycles. The summed E-state index contributed by atoms with van der Waals surface area (Å²) in [5, 5.41) is 11.6. The van der Waals surface area contributed by atoms with E-state index in [2.05, 4.69) is 92.8 Å². The molecule has 0 heterocycles. The van der Waals surface area contributed by atoms with Gasteiger partial charge in [0.05, 0.1) is 40.3 Å². The normalized spacial score (nSPS) is 13.9. The molecule has 2 unspecified atom stereocenters. The van der Waals surface area contributed by atoms with Crippen molar-refractivity contribution in [3.63, 3.8) is 0 Å². The highest BCUT2D eigenvalue weighted by Gasteiger charge is 2.25. The van der Waals surface area contributed by atoms with Crippen molar-refractivity contribution in [3.05, 3.63) is 109 Å². The summed E-state index contributed by atoms with van der Waals surface area (Å²) in [5.74, 6) is -1.79. The van der Waals surface area contributed by atoms with E-state index in [0.29, 0.717) is 12.8 Å². The molecular weight excluding hydrogens is 775 g/mol. The molecule has 0 aromatic heterocycles. The van der Waals surface area contributed by atoms with Crippen LogP contribution in [0.2, 0.25) is 0 Å². The van der Waals surface area contributed by atoms with Gasteiger partial charge in [-0.1, -0.05) is 175 Å². The van der Waals surface area contributed by atoms with Gasteiger partial charge in [-0.15, -0.1) is 0 Å². The summed E-state index contributed by atoms with van der Waals surface area (Å²) in [5.41, 5.74) is 0. The van der Waals surface area contributed by atoms with Crippen LogP contribution in [0.3, 0.4) is 0 Å². The Morgan fingerprint density at radius 2 is 0.935 bits per heavy atom. The summed E-state index contributed by atoms with van der Waals surface area (Å²) < 4.78 is 17.2. The third kappa shape index (κ3) is 41.3. The van der Waals surface area contributed by atoms with Crippen molar-refractivity contribution in [3.8, 4) is 0 Å². The molecule has 0 aliphatic rings. The smallest absolute Gasteiger partial charge is 0.306 e. The van der Waals surface area contributed by atoms with Crippen LogP contribution >= 0.6 is 0 Å². The summed E-state index contributed by atoms with van der Waals surface area (Å²) >= 11 is 0. The maximum Gasteiger partial charge on any atom is 0.306 e. The highest BCUT2D eigenvalue weighted by atomic mass is 16.6. The van der Waals surface area contributed by atoms with E-state index in [-0.39, 0.29) is 42.7 Å². The molecule has 0 amide bonds. The van der Waals surface area contributed by atoms with Gasteiger partial charge in [0.15, 0.2) is 6.10 Å². The van der Waals surface area contributed by atoms with E-state index in [0.717, 1.165) is 109 Å². The first-order chi connectivity index (χ1) is 30.1. The van der Waals surface area contributed by atoms with Crippen molar-refractivity contribution in [2.24, 2.45) is 0 Å². The average molecular weight is 862 g/mol. The number of hydrogen-bond donors (Lipinski definition) is 0. The predicted octanol–water partition coefficient (Wildman–Crippen LogP) is 12.3. The first-order valence-corrected chi connectivity index (χ1v) is 24.0. The third-order valence-corrected chi connectivity index (χ3v) is 10.00. The minimum atomic E-state index is -1.14. The summed E-state index contributed by atoms with van der Waals surface area (Å²) in [6.45, 7) is 4.35. The van der Waals surface area contributed by atoms with Gasteiger partial charge in [-0.05, 0) is 77.0 Å². The number of aliphatic carboxylic acids is 1. The number of hydrogen-bond acceptors (Lipinski definition) is 7. The van der Waals surface area contributed by atoms with Crippen molar-refractivity contribution in [2.45, 2.75) is 174 Å². The first kappa shape index (κ1) is 58.0. The lowest BCUT2D eigenvalue weighted by molar-refractivity contribution is -0.889. The van der Waals surface area contributed by atoms with E-state index in [4.69, 9.17) is 14.2 Å². The van der Waals surface area contributed by atoms with E-state index >= 15 is 0 Å². The number of carbonyl (C=O) groups excluding carboxylic acids is 3. The Hall–Kier alpha value is -4.01. The van der Waals surface area contributed by atoms with Crippen LogP contribution < -0.4 is 5.11 Å². The van der Waals surface area contributed by atoms with E-state index in [1.165, 1.54) is 19.3 Å². The predicted molar refractivity (Wildman–Crippen MR) is 258 cm³/mol. The molecule has 0 aromatic rings. The zero-order valence-corrected chi connectivity index (χ0v) is 39.7. The second kappa shape index (κ2) is 43.6. The zero-order chi connectivity index (χ0) is 45.6. The molecule has 2 atom stereocenters. The van der Waals surface area contributed by atoms with Crippen LogP contribution in [0, 0.1) is 0 Å². The molecule has 62 heavy (non-hydrogen) atoms. The fourth-order valence-corrected chi connectivity index (χ4v) is 6.34. The number of allylic oxidation sites excluding steroid dienone is 18. The highest BCUT2D eigenvalue weighted by molar-refractivity contribution is 5.70. The Labute approximate surface area is 378 Å². The molecule has 0 saturated carbocycles. The number of rotatable bonds is 41. The van der Waals surface area contributed by atoms with Crippen LogP contribution in [0.4, 0.5) is 0 Å². The molecule has 8 heteroatoms. The van der Waals surface area contributed by atoms with E-state index in [9.17, 15) is 19.5 Å². The van der Waals surface area contributed by atoms with Gasteiger partial charge in [0, 0.05) is 19.3 Å².